The van der Waals surface area contributed by atoms with Crippen LogP contribution in [-0.4, -0.2) is 79.0 Å². The summed E-state index contributed by atoms with van der Waals surface area (Å²) in [5.74, 6) is 1.23. The van der Waals surface area contributed by atoms with E-state index >= 15 is 0 Å². The van der Waals surface area contributed by atoms with Crippen LogP contribution in [0.3, 0.4) is 0 Å². The number of nitrogens with zero attached hydrogens (tertiary/aromatic N) is 4. The Morgan fingerprint density at radius 2 is 1.05 bits per heavy atom. The van der Waals surface area contributed by atoms with Gasteiger partial charge in [0.25, 0.3) is 0 Å². The van der Waals surface area contributed by atoms with Gasteiger partial charge in [0.2, 0.25) is 11.8 Å². The number of aromatic nitrogens is 4. The highest BCUT2D eigenvalue weighted by Gasteiger charge is 2.35. The molecule has 2 aromatic heterocycles. The van der Waals surface area contributed by atoms with Crippen LogP contribution in [0.5, 0.6) is 0 Å². The second-order valence-electron chi connectivity index (χ2n) is 16.7. The number of aromatic amines is 2. The SMILES string of the molecule is Cc1c(-c2ccc(-c3cnc(C4CCCN4C(=O)C[C@H](Cc4ccccc4)OC(N)=O)[nH]3)cc2)ccc(-c2cnc(C3CCCN3C(=O)C[C@H](Cc3ccccc3)OC(N)=O)[nH]2)c1C. The lowest BCUT2D eigenvalue weighted by molar-refractivity contribution is -0.135. The van der Waals surface area contributed by atoms with Gasteiger partial charge in [0, 0.05) is 31.5 Å². The molecule has 14 nitrogen and oxygen atoms in total. The Bertz CT molecular complexity index is 2590. The first kappa shape index (κ1) is 43.4. The number of nitrogens with two attached hydrogens (primary N) is 2. The molecule has 0 saturated carbocycles. The van der Waals surface area contributed by atoms with Crippen LogP contribution in [-0.2, 0) is 31.9 Å². The number of H-pyrrole nitrogens is 2. The van der Waals surface area contributed by atoms with Crippen molar-refractivity contribution in [3.63, 3.8) is 0 Å². The summed E-state index contributed by atoms with van der Waals surface area (Å²) < 4.78 is 10.7. The molecule has 0 bridgehead atoms. The Labute approximate surface area is 372 Å². The Morgan fingerprint density at radius 1 is 0.609 bits per heavy atom. The number of benzene rings is 4. The van der Waals surface area contributed by atoms with Crippen LogP contribution < -0.4 is 11.5 Å². The molecule has 2 unspecified atom stereocenters. The molecule has 6 aromatic rings. The molecule has 4 atom stereocenters. The van der Waals surface area contributed by atoms with E-state index in [2.05, 4.69) is 60.2 Å². The van der Waals surface area contributed by atoms with E-state index in [4.69, 9.17) is 30.9 Å². The van der Waals surface area contributed by atoms with Gasteiger partial charge in [0.15, 0.2) is 0 Å². The lowest BCUT2D eigenvalue weighted by Crippen LogP contribution is -2.36. The summed E-state index contributed by atoms with van der Waals surface area (Å²) in [6, 6.07) is 31.3. The molecular formula is C50H54N8O6. The van der Waals surface area contributed by atoms with Gasteiger partial charge >= 0.3 is 12.2 Å². The minimum atomic E-state index is -0.899. The van der Waals surface area contributed by atoms with Crippen molar-refractivity contribution in [2.45, 2.75) is 89.5 Å². The predicted molar refractivity (Wildman–Crippen MR) is 242 cm³/mol. The summed E-state index contributed by atoms with van der Waals surface area (Å²) in [4.78, 5) is 70.9. The van der Waals surface area contributed by atoms with Crippen LogP contribution in [0.2, 0.25) is 0 Å². The van der Waals surface area contributed by atoms with Gasteiger partial charge in [-0.2, -0.15) is 0 Å². The Morgan fingerprint density at radius 3 is 1.55 bits per heavy atom. The van der Waals surface area contributed by atoms with Crippen molar-refractivity contribution in [1.29, 1.82) is 0 Å². The first-order valence-electron chi connectivity index (χ1n) is 21.9. The van der Waals surface area contributed by atoms with E-state index in [1.807, 2.05) is 82.9 Å². The molecule has 2 aliphatic heterocycles. The second kappa shape index (κ2) is 19.4. The first-order valence-corrected chi connectivity index (χ1v) is 21.9. The Hall–Kier alpha value is -7.22. The fourth-order valence-corrected chi connectivity index (χ4v) is 9.27. The molecule has 0 spiro atoms. The number of rotatable bonds is 15. The summed E-state index contributed by atoms with van der Waals surface area (Å²) in [7, 11) is 0. The van der Waals surface area contributed by atoms with Crippen LogP contribution in [0.1, 0.15) is 84.5 Å². The summed E-state index contributed by atoms with van der Waals surface area (Å²) in [5, 5.41) is 0. The average Bonchev–Trinajstić information content (AvgIpc) is 4.12. The van der Waals surface area contributed by atoms with Crippen LogP contribution in [0.4, 0.5) is 9.59 Å². The monoisotopic (exact) mass is 862 g/mol. The number of likely N-dealkylation sites (tertiary alicyclic amines) is 2. The molecule has 330 valence electrons. The third-order valence-corrected chi connectivity index (χ3v) is 12.5. The molecule has 2 fully saturated rings. The summed E-state index contributed by atoms with van der Waals surface area (Å²) in [6.07, 6.45) is 4.58. The van der Waals surface area contributed by atoms with Gasteiger partial charge in [-0.15, -0.1) is 0 Å². The molecule has 6 N–H and O–H groups in total. The molecule has 2 saturated heterocycles. The normalized spacial score (nSPS) is 17.0. The Kier molecular flexibility index (Phi) is 13.2. The van der Waals surface area contributed by atoms with Gasteiger partial charge in [0.05, 0.1) is 48.7 Å². The van der Waals surface area contributed by atoms with Gasteiger partial charge in [-0.25, -0.2) is 19.6 Å². The van der Waals surface area contributed by atoms with E-state index in [1.165, 1.54) is 0 Å². The molecule has 2 aliphatic rings. The van der Waals surface area contributed by atoms with Gasteiger partial charge in [-0.3, -0.25) is 9.59 Å². The van der Waals surface area contributed by atoms with Crippen molar-refractivity contribution in [2.75, 3.05) is 13.1 Å². The third-order valence-electron chi connectivity index (χ3n) is 12.5. The molecule has 0 radical (unpaired) electrons. The number of hydrogen-bond acceptors (Lipinski definition) is 8. The fraction of sp³-hybridized carbons (Fsp3) is 0.320. The minimum Gasteiger partial charge on any atom is -0.445 e. The van der Waals surface area contributed by atoms with Gasteiger partial charge in [-0.05, 0) is 78.5 Å². The van der Waals surface area contributed by atoms with E-state index in [0.717, 1.165) is 93.2 Å². The van der Waals surface area contributed by atoms with Crippen molar-refractivity contribution in [2.24, 2.45) is 11.5 Å². The predicted octanol–water partition coefficient (Wildman–Crippen LogP) is 8.27. The zero-order valence-electron chi connectivity index (χ0n) is 36.2. The minimum absolute atomic E-state index is 0.0295. The number of carbonyl (C=O) groups excluding carboxylic acids is 4. The molecule has 4 aromatic carbocycles. The number of carbonyl (C=O) groups is 4. The van der Waals surface area contributed by atoms with Crippen molar-refractivity contribution >= 4 is 24.0 Å². The maximum atomic E-state index is 13.7. The highest BCUT2D eigenvalue weighted by Crippen LogP contribution is 2.37. The quantitative estimate of drug-likeness (QED) is 0.0790. The van der Waals surface area contributed by atoms with Crippen molar-refractivity contribution < 1.29 is 28.7 Å². The van der Waals surface area contributed by atoms with E-state index < -0.39 is 24.4 Å². The highest BCUT2D eigenvalue weighted by atomic mass is 16.6. The number of primary amides is 2. The topological polar surface area (TPSA) is 203 Å². The van der Waals surface area contributed by atoms with Gasteiger partial charge < -0.3 is 40.7 Å². The van der Waals surface area contributed by atoms with E-state index in [0.29, 0.717) is 25.9 Å². The summed E-state index contributed by atoms with van der Waals surface area (Å²) >= 11 is 0. The summed E-state index contributed by atoms with van der Waals surface area (Å²) in [6.45, 7) is 5.41. The first-order chi connectivity index (χ1) is 31.0. The van der Waals surface area contributed by atoms with Crippen LogP contribution in [0, 0.1) is 13.8 Å². The van der Waals surface area contributed by atoms with Crippen molar-refractivity contribution in [1.82, 2.24) is 29.7 Å². The number of ether oxygens (including phenoxy) is 2. The maximum Gasteiger partial charge on any atom is 0.404 e. The van der Waals surface area contributed by atoms with E-state index in [1.54, 1.807) is 0 Å². The zero-order chi connectivity index (χ0) is 44.7. The van der Waals surface area contributed by atoms with Crippen molar-refractivity contribution in [3.8, 4) is 33.6 Å². The number of imidazole rings is 2. The number of nitrogens with one attached hydrogen (secondary N) is 2. The molecule has 8 rings (SSSR count). The second-order valence-corrected chi connectivity index (χ2v) is 16.7. The van der Waals surface area contributed by atoms with Crippen LogP contribution in [0.25, 0.3) is 33.6 Å². The Balaban J connectivity index is 0.916. The standard InChI is InChI=1S/C50H54N8O6/c1-31-32(2)40(42-30-54-48(56-42)44-16-10-24-58(44)46(60)28-38(64-50(52)62)26-34-13-7-4-8-14-34)22-21-39(31)35-17-19-36(20-18-35)41-29-53-47(55-41)43-15-9-23-57(43)45(59)27-37(63-49(51)61)25-33-11-5-3-6-12-33/h3-8,11-14,17-22,29-30,37-38,43-44H,9-10,15-16,23-28H2,1-2H3,(H2,51,61)(H2,52,62)(H,53,55)(H,54,56)/t37-,38-,43?,44?/m0/s1. The maximum absolute atomic E-state index is 13.7. The average molecular weight is 863 g/mol. The lowest BCUT2D eigenvalue weighted by atomic mass is 9.92. The van der Waals surface area contributed by atoms with Crippen LogP contribution in [0.15, 0.2) is 109 Å². The van der Waals surface area contributed by atoms with Gasteiger partial charge in [-0.1, -0.05) is 97.1 Å². The van der Waals surface area contributed by atoms with E-state index in [9.17, 15) is 19.2 Å². The van der Waals surface area contributed by atoms with Crippen LogP contribution >= 0.6 is 0 Å². The highest BCUT2D eigenvalue weighted by molar-refractivity contribution is 5.80. The van der Waals surface area contributed by atoms with E-state index in [-0.39, 0.29) is 36.7 Å². The largest absolute Gasteiger partial charge is 0.445 e. The molecular weight excluding hydrogens is 809 g/mol. The molecule has 4 heterocycles. The van der Waals surface area contributed by atoms with Crippen molar-refractivity contribution in [3.05, 3.63) is 143 Å². The molecule has 0 aliphatic carbocycles. The number of amides is 4. The molecule has 14 heteroatoms. The fourth-order valence-electron chi connectivity index (χ4n) is 9.27. The smallest absolute Gasteiger partial charge is 0.404 e. The molecule has 64 heavy (non-hydrogen) atoms. The summed E-state index contributed by atoms with van der Waals surface area (Å²) in [5.41, 5.74) is 20.8. The molecule has 4 amide bonds. The number of hydrogen-bond donors (Lipinski definition) is 4. The zero-order valence-corrected chi connectivity index (χ0v) is 36.2. The lowest BCUT2D eigenvalue weighted by Gasteiger charge is -2.25. The third kappa shape index (κ3) is 10.0. The van der Waals surface area contributed by atoms with Gasteiger partial charge in [0.1, 0.15) is 23.9 Å².